The van der Waals surface area contributed by atoms with Crippen LogP contribution in [0.2, 0.25) is 0 Å². The topological polar surface area (TPSA) is 12.0 Å². The molecule has 0 bridgehead atoms. The van der Waals surface area contributed by atoms with Crippen molar-refractivity contribution in [2.45, 2.75) is 38.6 Å². The molecule has 0 radical (unpaired) electrons. The van der Waals surface area contributed by atoms with Crippen LogP contribution in [0.3, 0.4) is 0 Å². The van der Waals surface area contributed by atoms with Crippen molar-refractivity contribution in [3.63, 3.8) is 0 Å². The predicted octanol–water partition coefficient (Wildman–Crippen LogP) is 4.81. The second kappa shape index (κ2) is 8.13. The van der Waals surface area contributed by atoms with Gasteiger partial charge in [0.2, 0.25) is 0 Å². The van der Waals surface area contributed by atoms with Crippen molar-refractivity contribution in [2.24, 2.45) is 0 Å². The molecular weight excluding hydrogens is 250 g/mol. The molecule has 2 aromatic rings. The van der Waals surface area contributed by atoms with E-state index in [1.165, 1.54) is 36.8 Å². The van der Waals surface area contributed by atoms with E-state index in [0.29, 0.717) is 6.04 Å². The minimum absolute atomic E-state index is 0.500. The summed E-state index contributed by atoms with van der Waals surface area (Å²) < 4.78 is 0. The van der Waals surface area contributed by atoms with Gasteiger partial charge in [-0.25, -0.2) is 0 Å². The first-order valence-corrected chi connectivity index (χ1v) is 8.14. The van der Waals surface area contributed by atoms with Gasteiger partial charge < -0.3 is 5.32 Å². The third-order valence-corrected chi connectivity index (χ3v) is 4.11. The lowest BCUT2D eigenvalue weighted by Crippen LogP contribution is -2.22. The monoisotopic (exact) mass is 273 g/mol. The molecule has 1 heterocycles. The first-order valence-electron chi connectivity index (χ1n) is 7.19. The van der Waals surface area contributed by atoms with Crippen molar-refractivity contribution in [3.8, 4) is 0 Å². The lowest BCUT2D eigenvalue weighted by Gasteiger charge is -2.19. The van der Waals surface area contributed by atoms with E-state index < -0.39 is 0 Å². The number of hydrogen-bond donors (Lipinski definition) is 1. The summed E-state index contributed by atoms with van der Waals surface area (Å²) in [5, 5.41) is 8.10. The first-order chi connectivity index (χ1) is 9.40. The fraction of sp³-hybridized carbons (Fsp3) is 0.412. The van der Waals surface area contributed by atoms with Crippen molar-refractivity contribution in [2.75, 3.05) is 6.54 Å². The smallest absolute Gasteiger partial charge is 0.0320 e. The van der Waals surface area contributed by atoms with E-state index in [1.807, 2.05) is 0 Å². The molecular formula is C17H23NS. The van der Waals surface area contributed by atoms with Crippen LogP contribution in [0.25, 0.3) is 0 Å². The maximum Gasteiger partial charge on any atom is 0.0320 e. The average Bonchev–Trinajstić information content (AvgIpc) is 2.97. The van der Waals surface area contributed by atoms with Crippen LogP contribution in [0, 0.1) is 0 Å². The lowest BCUT2D eigenvalue weighted by atomic mass is 9.99. The minimum Gasteiger partial charge on any atom is -0.310 e. The number of thiophene rings is 1. The highest BCUT2D eigenvalue weighted by atomic mass is 32.1. The summed E-state index contributed by atoms with van der Waals surface area (Å²) in [4.78, 5) is 0. The van der Waals surface area contributed by atoms with E-state index in [4.69, 9.17) is 0 Å². The van der Waals surface area contributed by atoms with E-state index in [9.17, 15) is 0 Å². The Balaban J connectivity index is 1.87. The van der Waals surface area contributed by atoms with Gasteiger partial charge in [-0.2, -0.15) is 11.3 Å². The molecule has 0 aliphatic rings. The Labute approximate surface area is 120 Å². The zero-order valence-corrected chi connectivity index (χ0v) is 12.5. The van der Waals surface area contributed by atoms with E-state index in [-0.39, 0.29) is 0 Å². The highest BCUT2D eigenvalue weighted by Crippen LogP contribution is 2.20. The maximum atomic E-state index is 3.67. The molecule has 1 aromatic carbocycles. The van der Waals surface area contributed by atoms with Gasteiger partial charge in [-0.1, -0.05) is 37.3 Å². The highest BCUT2D eigenvalue weighted by molar-refractivity contribution is 7.07. The van der Waals surface area contributed by atoms with E-state index >= 15 is 0 Å². The van der Waals surface area contributed by atoms with Crippen molar-refractivity contribution < 1.29 is 0 Å². The first kappa shape index (κ1) is 14.3. The Hall–Kier alpha value is -1.12. The molecule has 1 atom stereocenters. The van der Waals surface area contributed by atoms with Crippen LogP contribution in [0.5, 0.6) is 0 Å². The quantitative estimate of drug-likeness (QED) is 0.727. The summed E-state index contributed by atoms with van der Waals surface area (Å²) in [6.07, 6.45) is 4.83. The summed E-state index contributed by atoms with van der Waals surface area (Å²) in [6.45, 7) is 3.32. The summed E-state index contributed by atoms with van der Waals surface area (Å²) in [5.41, 5.74) is 2.90. The molecule has 0 fully saturated rings. The zero-order valence-electron chi connectivity index (χ0n) is 11.6. The SMILES string of the molecule is CCCNC(CCCc1ccsc1)c1ccccc1. The summed E-state index contributed by atoms with van der Waals surface area (Å²) >= 11 is 1.79. The number of hydrogen-bond acceptors (Lipinski definition) is 2. The van der Waals surface area contributed by atoms with Crippen LogP contribution < -0.4 is 5.32 Å². The standard InChI is InChI=1S/C17H23NS/c1-2-12-18-17(16-8-4-3-5-9-16)10-6-7-15-11-13-19-14-15/h3-5,8-9,11,13-14,17-18H,2,6-7,10,12H2,1H3. The largest absolute Gasteiger partial charge is 0.310 e. The molecule has 1 nitrogen and oxygen atoms in total. The molecule has 0 spiro atoms. The Morgan fingerprint density at radius 2 is 2.00 bits per heavy atom. The van der Waals surface area contributed by atoms with Gasteiger partial charge in [0.1, 0.15) is 0 Å². The van der Waals surface area contributed by atoms with Gasteiger partial charge in [-0.05, 0) is 60.2 Å². The van der Waals surface area contributed by atoms with Gasteiger partial charge in [0, 0.05) is 6.04 Å². The molecule has 102 valence electrons. The summed E-state index contributed by atoms with van der Waals surface area (Å²) in [7, 11) is 0. The van der Waals surface area contributed by atoms with Crippen LogP contribution in [-0.4, -0.2) is 6.54 Å². The third kappa shape index (κ3) is 4.81. The number of aryl methyl sites for hydroxylation is 1. The molecule has 0 saturated carbocycles. The Kier molecular flexibility index (Phi) is 6.12. The van der Waals surface area contributed by atoms with Crippen LogP contribution in [0.15, 0.2) is 47.2 Å². The van der Waals surface area contributed by atoms with Gasteiger partial charge in [-0.15, -0.1) is 0 Å². The van der Waals surface area contributed by atoms with E-state index in [2.05, 4.69) is 59.4 Å². The molecule has 2 rings (SSSR count). The second-order valence-corrected chi connectivity index (χ2v) is 5.72. The number of benzene rings is 1. The fourth-order valence-corrected chi connectivity index (χ4v) is 3.04. The molecule has 2 heteroatoms. The third-order valence-electron chi connectivity index (χ3n) is 3.38. The van der Waals surface area contributed by atoms with Crippen LogP contribution >= 0.6 is 11.3 Å². The molecule has 19 heavy (non-hydrogen) atoms. The van der Waals surface area contributed by atoms with E-state index in [1.54, 1.807) is 11.3 Å². The Morgan fingerprint density at radius 1 is 1.16 bits per heavy atom. The molecule has 0 aliphatic heterocycles. The van der Waals surface area contributed by atoms with Gasteiger partial charge in [-0.3, -0.25) is 0 Å². The second-order valence-electron chi connectivity index (χ2n) is 4.94. The van der Waals surface area contributed by atoms with Crippen LogP contribution in [-0.2, 0) is 6.42 Å². The van der Waals surface area contributed by atoms with E-state index in [0.717, 1.165) is 6.54 Å². The molecule has 1 unspecified atom stereocenters. The zero-order chi connectivity index (χ0) is 13.3. The van der Waals surface area contributed by atoms with Gasteiger partial charge in [0.05, 0.1) is 0 Å². The molecule has 1 N–H and O–H groups in total. The molecule has 0 amide bonds. The van der Waals surface area contributed by atoms with Crippen molar-refractivity contribution >= 4 is 11.3 Å². The number of rotatable bonds is 8. The Morgan fingerprint density at radius 3 is 2.68 bits per heavy atom. The molecule has 1 aromatic heterocycles. The average molecular weight is 273 g/mol. The highest BCUT2D eigenvalue weighted by Gasteiger charge is 2.09. The Bertz CT molecular complexity index is 436. The normalized spacial score (nSPS) is 12.5. The maximum absolute atomic E-state index is 3.67. The lowest BCUT2D eigenvalue weighted by molar-refractivity contribution is 0.484. The minimum atomic E-state index is 0.500. The van der Waals surface area contributed by atoms with Crippen LogP contribution in [0.4, 0.5) is 0 Å². The molecule has 0 aliphatic carbocycles. The number of nitrogens with one attached hydrogen (secondary N) is 1. The summed E-state index contributed by atoms with van der Waals surface area (Å²) in [6, 6.07) is 13.6. The molecule has 0 saturated heterocycles. The fourth-order valence-electron chi connectivity index (χ4n) is 2.34. The van der Waals surface area contributed by atoms with Crippen molar-refractivity contribution in [1.29, 1.82) is 0 Å². The van der Waals surface area contributed by atoms with Crippen molar-refractivity contribution in [3.05, 3.63) is 58.3 Å². The van der Waals surface area contributed by atoms with Crippen LogP contribution in [0.1, 0.15) is 43.4 Å². The predicted molar refractivity (Wildman–Crippen MR) is 84.7 cm³/mol. The van der Waals surface area contributed by atoms with Gasteiger partial charge in [0.25, 0.3) is 0 Å². The summed E-state index contributed by atoms with van der Waals surface area (Å²) in [5.74, 6) is 0. The van der Waals surface area contributed by atoms with Crippen molar-refractivity contribution in [1.82, 2.24) is 5.32 Å². The van der Waals surface area contributed by atoms with Gasteiger partial charge in [0.15, 0.2) is 0 Å². The van der Waals surface area contributed by atoms with Gasteiger partial charge >= 0.3 is 0 Å².